The van der Waals surface area contributed by atoms with E-state index in [1.165, 1.54) is 57.8 Å². The molecule has 0 aromatic rings. The van der Waals surface area contributed by atoms with Crippen LogP contribution in [0.1, 0.15) is 91.9 Å². The van der Waals surface area contributed by atoms with Crippen LogP contribution in [0.5, 0.6) is 0 Å². The Hall–Kier alpha value is -0.160. The fraction of sp³-hybridized carbons (Fsp3) is 1.00. The minimum atomic E-state index is 0.114. The van der Waals surface area contributed by atoms with Crippen molar-refractivity contribution >= 4 is 0 Å². The van der Waals surface area contributed by atoms with Crippen LogP contribution in [0.3, 0.4) is 0 Å². The summed E-state index contributed by atoms with van der Waals surface area (Å²) in [5.74, 6) is 3.97. The zero-order valence-electron chi connectivity index (χ0n) is 21.2. The Morgan fingerprint density at radius 2 is 1.69 bits per heavy atom. The van der Waals surface area contributed by atoms with Crippen molar-refractivity contribution in [2.24, 2.45) is 46.3 Å². The third kappa shape index (κ3) is 4.10. The fourth-order valence-electron chi connectivity index (χ4n) is 9.61. The third-order valence-corrected chi connectivity index (χ3v) is 11.0. The van der Waals surface area contributed by atoms with E-state index in [1.807, 2.05) is 0 Å². The molecule has 4 rings (SSSR count). The number of aliphatic hydroxyl groups is 2. The van der Waals surface area contributed by atoms with Gasteiger partial charge in [0.1, 0.15) is 0 Å². The molecule has 0 bridgehead atoms. The number of hydrogen-bond acceptors (Lipinski definition) is 4. The van der Waals surface area contributed by atoms with E-state index in [4.69, 9.17) is 9.47 Å². The Morgan fingerprint density at radius 1 is 0.938 bits per heavy atom. The molecule has 4 saturated carbocycles. The molecule has 4 nitrogen and oxygen atoms in total. The van der Waals surface area contributed by atoms with E-state index < -0.39 is 0 Å². The fourth-order valence-corrected chi connectivity index (χ4v) is 9.61. The second-order valence-electron chi connectivity index (χ2n) is 12.2. The van der Waals surface area contributed by atoms with E-state index >= 15 is 0 Å². The summed E-state index contributed by atoms with van der Waals surface area (Å²) in [6, 6.07) is 0. The van der Waals surface area contributed by atoms with E-state index in [0.717, 1.165) is 12.3 Å². The van der Waals surface area contributed by atoms with Crippen LogP contribution in [0.25, 0.3) is 0 Å². The number of fused-ring (bicyclic) bond motifs is 5. The van der Waals surface area contributed by atoms with Crippen molar-refractivity contribution in [3.63, 3.8) is 0 Å². The monoisotopic (exact) mass is 450 g/mol. The van der Waals surface area contributed by atoms with Crippen molar-refractivity contribution in [1.29, 1.82) is 0 Å². The lowest BCUT2D eigenvalue weighted by atomic mass is 9.43. The highest BCUT2D eigenvalue weighted by Crippen LogP contribution is 2.69. The Bertz CT molecular complexity index is 610. The molecule has 10 atom stereocenters. The van der Waals surface area contributed by atoms with E-state index in [-0.39, 0.29) is 30.8 Å². The molecule has 186 valence electrons. The van der Waals surface area contributed by atoms with Crippen LogP contribution in [0.2, 0.25) is 0 Å². The van der Waals surface area contributed by atoms with Crippen molar-refractivity contribution in [3.8, 4) is 0 Å². The quantitative estimate of drug-likeness (QED) is 0.491. The van der Waals surface area contributed by atoms with Gasteiger partial charge in [0.2, 0.25) is 0 Å². The Kier molecular flexibility index (Phi) is 7.97. The highest BCUT2D eigenvalue weighted by Gasteiger charge is 2.66. The minimum Gasteiger partial charge on any atom is -0.394 e. The molecule has 0 aliphatic heterocycles. The predicted molar refractivity (Wildman–Crippen MR) is 128 cm³/mol. The third-order valence-electron chi connectivity index (χ3n) is 11.0. The zero-order chi connectivity index (χ0) is 22.9. The van der Waals surface area contributed by atoms with Gasteiger partial charge in [0, 0.05) is 5.41 Å². The minimum absolute atomic E-state index is 0.114. The lowest BCUT2D eigenvalue weighted by molar-refractivity contribution is -0.223. The molecule has 0 heterocycles. The van der Waals surface area contributed by atoms with E-state index in [9.17, 15) is 10.2 Å². The molecule has 0 spiro atoms. The van der Waals surface area contributed by atoms with Crippen LogP contribution in [-0.4, -0.2) is 48.8 Å². The van der Waals surface area contributed by atoms with Gasteiger partial charge in [-0.15, -0.1) is 0 Å². The predicted octanol–water partition coefficient (Wildman–Crippen LogP) is 5.45. The summed E-state index contributed by atoms with van der Waals surface area (Å²) in [5, 5.41) is 19.2. The van der Waals surface area contributed by atoms with Crippen LogP contribution >= 0.6 is 0 Å². The molecule has 0 radical (unpaired) electrons. The van der Waals surface area contributed by atoms with Crippen LogP contribution < -0.4 is 0 Å². The molecule has 1 unspecified atom stereocenters. The van der Waals surface area contributed by atoms with E-state index in [2.05, 4.69) is 27.7 Å². The number of rotatable bonds is 9. The maximum absolute atomic E-state index is 9.62. The highest BCUT2D eigenvalue weighted by atomic mass is 16.5. The number of ether oxygens (including phenoxy) is 2. The summed E-state index contributed by atoms with van der Waals surface area (Å²) in [5.41, 5.74) is 0.543. The van der Waals surface area contributed by atoms with Crippen molar-refractivity contribution < 1.29 is 19.7 Å². The van der Waals surface area contributed by atoms with Gasteiger partial charge in [0.15, 0.2) is 0 Å². The molecule has 0 saturated heterocycles. The van der Waals surface area contributed by atoms with Crippen LogP contribution in [0.4, 0.5) is 0 Å². The molecule has 2 N–H and O–H groups in total. The van der Waals surface area contributed by atoms with Crippen molar-refractivity contribution in [3.05, 3.63) is 0 Å². The Labute approximate surface area is 196 Å². The zero-order valence-corrected chi connectivity index (χ0v) is 21.2. The Morgan fingerprint density at radius 3 is 2.41 bits per heavy atom. The molecular weight excluding hydrogens is 400 g/mol. The van der Waals surface area contributed by atoms with Crippen LogP contribution in [-0.2, 0) is 9.47 Å². The molecule has 0 aromatic carbocycles. The molecule has 0 amide bonds. The topological polar surface area (TPSA) is 58.9 Å². The number of aliphatic hydroxyl groups excluding tert-OH is 2. The lowest BCUT2D eigenvalue weighted by Crippen LogP contribution is -2.62. The van der Waals surface area contributed by atoms with Gasteiger partial charge in [0.25, 0.3) is 0 Å². The normalized spacial score (nSPS) is 46.9. The van der Waals surface area contributed by atoms with Gasteiger partial charge in [-0.05, 0) is 79.4 Å². The molecule has 4 aliphatic carbocycles. The van der Waals surface area contributed by atoms with Gasteiger partial charge < -0.3 is 19.7 Å². The van der Waals surface area contributed by atoms with Gasteiger partial charge in [-0.25, -0.2) is 0 Å². The standard InChI is InChI=1S/C28H50O4/c1-5-8-19(2)21-10-11-22-26-23(18-25(28(21,22)4)32-16-14-30)27(3)12-7-6-9-20(27)17-24(26)31-15-13-29/h19-26,29-30H,5-18H2,1-4H3/t19-,20?,21-,22+,23+,24-,25+,26+,27+,28-/m1/s1. The van der Waals surface area contributed by atoms with E-state index in [1.54, 1.807) is 0 Å². The molecule has 0 aromatic heterocycles. The molecule has 4 fully saturated rings. The molecular formula is C28H50O4. The second-order valence-corrected chi connectivity index (χ2v) is 12.2. The van der Waals surface area contributed by atoms with Crippen molar-refractivity contribution in [2.75, 3.05) is 26.4 Å². The average Bonchev–Trinajstić information content (AvgIpc) is 3.14. The average molecular weight is 451 g/mol. The summed E-state index contributed by atoms with van der Waals surface area (Å²) in [6.07, 6.45) is 13.3. The second kappa shape index (κ2) is 10.2. The summed E-state index contributed by atoms with van der Waals surface area (Å²) in [4.78, 5) is 0. The smallest absolute Gasteiger partial charge is 0.0701 e. The first-order valence-corrected chi connectivity index (χ1v) is 13.9. The van der Waals surface area contributed by atoms with Crippen molar-refractivity contribution in [1.82, 2.24) is 0 Å². The van der Waals surface area contributed by atoms with Gasteiger partial charge in [-0.3, -0.25) is 0 Å². The maximum atomic E-state index is 9.62. The van der Waals surface area contributed by atoms with Gasteiger partial charge in [-0.2, -0.15) is 0 Å². The summed E-state index contributed by atoms with van der Waals surface area (Å²) in [7, 11) is 0. The first kappa shape index (κ1) is 24.9. The Balaban J connectivity index is 1.71. The highest BCUT2D eigenvalue weighted by molar-refractivity contribution is 5.14. The van der Waals surface area contributed by atoms with Crippen LogP contribution in [0.15, 0.2) is 0 Å². The molecule has 4 heteroatoms. The largest absolute Gasteiger partial charge is 0.394 e. The maximum Gasteiger partial charge on any atom is 0.0701 e. The number of hydrogen-bond donors (Lipinski definition) is 2. The SMILES string of the molecule is CCC[C@@H](C)[C@H]1CC[C@H]2[C@@H]3[C@H](OCCO)CC4CCCC[C@]4(C)[C@H]3C[C@H](OCCO)[C@]12C. The lowest BCUT2D eigenvalue weighted by Gasteiger charge is -2.64. The summed E-state index contributed by atoms with van der Waals surface area (Å²) >= 11 is 0. The summed E-state index contributed by atoms with van der Waals surface area (Å²) < 4.78 is 13.0. The van der Waals surface area contributed by atoms with Gasteiger partial charge >= 0.3 is 0 Å². The van der Waals surface area contributed by atoms with E-state index in [0.29, 0.717) is 48.2 Å². The first-order valence-electron chi connectivity index (χ1n) is 13.9. The molecule has 4 aliphatic rings. The van der Waals surface area contributed by atoms with Crippen molar-refractivity contribution in [2.45, 2.75) is 104 Å². The van der Waals surface area contributed by atoms with Crippen LogP contribution in [0, 0.1) is 46.3 Å². The summed E-state index contributed by atoms with van der Waals surface area (Å²) in [6.45, 7) is 11.1. The molecule has 32 heavy (non-hydrogen) atoms. The first-order chi connectivity index (χ1) is 15.4. The van der Waals surface area contributed by atoms with Gasteiger partial charge in [-0.1, -0.05) is 53.4 Å². The van der Waals surface area contributed by atoms with Gasteiger partial charge in [0.05, 0.1) is 38.6 Å².